The fourth-order valence-corrected chi connectivity index (χ4v) is 3.57. The summed E-state index contributed by atoms with van der Waals surface area (Å²) in [4.78, 5) is 17.2. The van der Waals surface area contributed by atoms with Gasteiger partial charge in [0.15, 0.2) is 5.78 Å². The van der Waals surface area contributed by atoms with Crippen LogP contribution in [0, 0.1) is 0 Å². The van der Waals surface area contributed by atoms with E-state index in [1.165, 1.54) is 11.8 Å². The van der Waals surface area contributed by atoms with E-state index in [0.29, 0.717) is 16.7 Å². The molecule has 6 heteroatoms. The molecule has 0 fully saturated rings. The van der Waals surface area contributed by atoms with Gasteiger partial charge in [0.25, 0.3) is 5.22 Å². The van der Waals surface area contributed by atoms with Crippen molar-refractivity contribution in [3.63, 3.8) is 0 Å². The Morgan fingerprint density at radius 3 is 2.33 bits per heavy atom. The lowest BCUT2D eigenvalue weighted by Gasteiger charge is -2.14. The molecule has 0 N–H and O–H groups in total. The van der Waals surface area contributed by atoms with Crippen molar-refractivity contribution in [3.8, 4) is 11.5 Å². The minimum absolute atomic E-state index is 0.00655. The van der Waals surface area contributed by atoms with Gasteiger partial charge in [-0.15, -0.1) is 10.2 Å². The van der Waals surface area contributed by atoms with Gasteiger partial charge in [-0.2, -0.15) is 0 Å². The minimum atomic E-state index is -0.476. The van der Waals surface area contributed by atoms with Gasteiger partial charge < -0.3 is 4.42 Å². The maximum absolute atomic E-state index is 13.1. The third-order valence-electron chi connectivity index (χ3n) is 3.93. The van der Waals surface area contributed by atoms with Crippen LogP contribution < -0.4 is 0 Å². The molecule has 1 unspecified atom stereocenters. The fraction of sp³-hybridized carbons (Fsp3) is 0.0476. The van der Waals surface area contributed by atoms with Crippen LogP contribution in [0.5, 0.6) is 0 Å². The number of carbonyl (C=O) groups excluding carboxylic acids is 1. The van der Waals surface area contributed by atoms with Crippen LogP contribution in [0.25, 0.3) is 11.5 Å². The van der Waals surface area contributed by atoms with Crippen molar-refractivity contribution in [2.24, 2.45) is 0 Å². The zero-order valence-corrected chi connectivity index (χ0v) is 15.0. The number of thioether (sulfide) groups is 1. The lowest BCUT2D eigenvalue weighted by atomic mass is 10.0. The van der Waals surface area contributed by atoms with Gasteiger partial charge in [-0.1, -0.05) is 60.7 Å². The molecular weight excluding hydrogens is 358 g/mol. The Morgan fingerprint density at radius 2 is 1.63 bits per heavy atom. The zero-order valence-electron chi connectivity index (χ0n) is 14.2. The summed E-state index contributed by atoms with van der Waals surface area (Å²) in [5.41, 5.74) is 2.27. The standard InChI is InChI=1S/C21H15N3O2S/c25-18(15-8-3-1-4-9-15)19(16-10-5-2-6-11-16)27-21-24-23-20(26-21)17-12-7-13-22-14-17/h1-14,19H. The molecule has 4 rings (SSSR count). The van der Waals surface area contributed by atoms with Gasteiger partial charge in [0.2, 0.25) is 5.89 Å². The molecule has 0 aliphatic rings. The van der Waals surface area contributed by atoms with Crippen molar-refractivity contribution in [1.82, 2.24) is 15.2 Å². The summed E-state index contributed by atoms with van der Waals surface area (Å²) < 4.78 is 5.76. The number of hydrogen-bond donors (Lipinski definition) is 0. The molecule has 0 saturated carbocycles. The third-order valence-corrected chi connectivity index (χ3v) is 5.02. The molecular formula is C21H15N3O2S. The summed E-state index contributed by atoms with van der Waals surface area (Å²) in [6.45, 7) is 0. The van der Waals surface area contributed by atoms with Crippen LogP contribution in [0.4, 0.5) is 0 Å². The van der Waals surface area contributed by atoms with Crippen LogP contribution in [0.3, 0.4) is 0 Å². The van der Waals surface area contributed by atoms with Crippen LogP contribution in [0.1, 0.15) is 21.2 Å². The predicted molar refractivity (Wildman–Crippen MR) is 103 cm³/mol. The molecule has 0 spiro atoms. The molecule has 0 aliphatic carbocycles. The van der Waals surface area contributed by atoms with Crippen LogP contribution in [0.15, 0.2) is 94.8 Å². The summed E-state index contributed by atoms with van der Waals surface area (Å²) in [5.74, 6) is 0.373. The molecule has 2 heterocycles. The zero-order chi connectivity index (χ0) is 18.5. The van der Waals surface area contributed by atoms with Gasteiger partial charge in [0.1, 0.15) is 5.25 Å². The summed E-state index contributed by atoms with van der Waals surface area (Å²) >= 11 is 1.25. The van der Waals surface area contributed by atoms with Crippen LogP contribution >= 0.6 is 11.8 Å². The van der Waals surface area contributed by atoms with Crippen molar-refractivity contribution in [2.75, 3.05) is 0 Å². The van der Waals surface area contributed by atoms with Crippen molar-refractivity contribution >= 4 is 17.5 Å². The molecule has 2 aromatic heterocycles. The van der Waals surface area contributed by atoms with Crippen LogP contribution in [-0.2, 0) is 0 Å². The van der Waals surface area contributed by atoms with Gasteiger partial charge >= 0.3 is 0 Å². The SMILES string of the molecule is O=C(c1ccccc1)C(Sc1nnc(-c2cccnc2)o1)c1ccccc1. The molecule has 0 bridgehead atoms. The summed E-state index contributed by atoms with van der Waals surface area (Å²) in [7, 11) is 0. The maximum atomic E-state index is 13.1. The van der Waals surface area contributed by atoms with E-state index in [2.05, 4.69) is 15.2 Å². The topological polar surface area (TPSA) is 68.9 Å². The molecule has 5 nitrogen and oxygen atoms in total. The summed E-state index contributed by atoms with van der Waals surface area (Å²) in [6.07, 6.45) is 3.34. The highest BCUT2D eigenvalue weighted by Crippen LogP contribution is 2.37. The highest BCUT2D eigenvalue weighted by molar-refractivity contribution is 8.00. The largest absolute Gasteiger partial charge is 0.411 e. The number of hydrogen-bond acceptors (Lipinski definition) is 6. The van der Waals surface area contributed by atoms with Gasteiger partial charge in [-0.25, -0.2) is 0 Å². The number of aromatic nitrogens is 3. The summed E-state index contributed by atoms with van der Waals surface area (Å²) in [6, 6.07) is 22.5. The first-order chi connectivity index (χ1) is 13.3. The Bertz CT molecular complexity index is 1020. The van der Waals surface area contributed by atoms with E-state index in [-0.39, 0.29) is 5.78 Å². The highest BCUT2D eigenvalue weighted by Gasteiger charge is 2.26. The number of Topliss-reactive ketones (excluding diaryl/α,β-unsaturated/α-hetero) is 1. The van der Waals surface area contributed by atoms with Gasteiger partial charge in [-0.05, 0) is 29.5 Å². The Kier molecular flexibility index (Phi) is 5.07. The van der Waals surface area contributed by atoms with Gasteiger partial charge in [-0.3, -0.25) is 9.78 Å². The van der Waals surface area contributed by atoms with Crippen molar-refractivity contribution in [2.45, 2.75) is 10.5 Å². The first-order valence-electron chi connectivity index (χ1n) is 8.36. The number of nitrogens with zero attached hydrogens (tertiary/aromatic N) is 3. The van der Waals surface area contributed by atoms with Gasteiger partial charge in [0, 0.05) is 18.0 Å². The van der Waals surface area contributed by atoms with E-state index in [0.717, 1.165) is 11.1 Å². The van der Waals surface area contributed by atoms with Crippen molar-refractivity contribution in [1.29, 1.82) is 0 Å². The predicted octanol–water partition coefficient (Wildman–Crippen LogP) is 4.85. The lowest BCUT2D eigenvalue weighted by Crippen LogP contribution is -2.10. The first kappa shape index (κ1) is 17.2. The summed E-state index contributed by atoms with van der Waals surface area (Å²) in [5, 5.41) is 8.04. The molecule has 0 radical (unpaired) electrons. The average molecular weight is 373 g/mol. The normalized spacial score (nSPS) is 11.9. The molecule has 4 aromatic rings. The third kappa shape index (κ3) is 3.96. The molecule has 1 atom stereocenters. The Labute approximate surface area is 160 Å². The smallest absolute Gasteiger partial charge is 0.277 e. The molecule has 0 amide bonds. The second-order valence-corrected chi connectivity index (χ2v) is 6.81. The number of carbonyl (C=O) groups is 1. The number of ketones is 1. The average Bonchev–Trinajstić information content (AvgIpc) is 3.22. The Balaban J connectivity index is 1.64. The first-order valence-corrected chi connectivity index (χ1v) is 9.24. The Morgan fingerprint density at radius 1 is 0.889 bits per heavy atom. The quantitative estimate of drug-likeness (QED) is 0.355. The number of benzene rings is 2. The van der Waals surface area contributed by atoms with Crippen molar-refractivity contribution < 1.29 is 9.21 Å². The molecule has 0 aliphatic heterocycles. The molecule has 2 aromatic carbocycles. The minimum Gasteiger partial charge on any atom is -0.411 e. The number of rotatable bonds is 6. The van der Waals surface area contributed by atoms with E-state index >= 15 is 0 Å². The monoisotopic (exact) mass is 373 g/mol. The molecule has 0 saturated heterocycles. The maximum Gasteiger partial charge on any atom is 0.277 e. The van der Waals surface area contributed by atoms with E-state index in [1.54, 1.807) is 18.5 Å². The number of pyridine rings is 1. The second kappa shape index (κ2) is 7.97. The lowest BCUT2D eigenvalue weighted by molar-refractivity contribution is 0.0989. The van der Waals surface area contributed by atoms with Crippen LogP contribution in [0.2, 0.25) is 0 Å². The van der Waals surface area contributed by atoms with Crippen LogP contribution in [-0.4, -0.2) is 21.0 Å². The van der Waals surface area contributed by atoms with E-state index in [9.17, 15) is 4.79 Å². The molecule has 27 heavy (non-hydrogen) atoms. The van der Waals surface area contributed by atoms with E-state index in [1.807, 2.05) is 66.7 Å². The second-order valence-electron chi connectivity index (χ2n) is 5.75. The van der Waals surface area contributed by atoms with Crippen molar-refractivity contribution in [3.05, 3.63) is 96.3 Å². The highest BCUT2D eigenvalue weighted by atomic mass is 32.2. The van der Waals surface area contributed by atoms with Gasteiger partial charge in [0.05, 0.1) is 5.56 Å². The Hall–Kier alpha value is -3.25. The molecule has 132 valence electrons. The van der Waals surface area contributed by atoms with E-state index in [4.69, 9.17) is 4.42 Å². The fourth-order valence-electron chi connectivity index (χ4n) is 2.62. The van der Waals surface area contributed by atoms with E-state index < -0.39 is 5.25 Å².